The summed E-state index contributed by atoms with van der Waals surface area (Å²) in [5.41, 5.74) is 12.8. The molecular weight excluding hydrogens is 1290 g/mol. The van der Waals surface area contributed by atoms with Gasteiger partial charge >= 0.3 is 11.4 Å². The van der Waals surface area contributed by atoms with Crippen LogP contribution in [0.2, 0.25) is 0 Å². The molecule has 24 saturated carbocycles. The Morgan fingerprint density at radius 1 is 0.257 bits per heavy atom. The zero-order valence-electron chi connectivity index (χ0n) is 66.5. The lowest BCUT2D eigenvalue weighted by molar-refractivity contribution is -0.386. The van der Waals surface area contributed by atoms with Gasteiger partial charge in [-0.1, -0.05) is 107 Å². The molecule has 0 saturated heterocycles. The van der Waals surface area contributed by atoms with E-state index in [4.69, 9.17) is 0 Å². The third kappa shape index (κ3) is 8.67. The van der Waals surface area contributed by atoms with E-state index in [9.17, 15) is 10.2 Å². The lowest BCUT2D eigenvalue weighted by atomic mass is 9.37. The summed E-state index contributed by atoms with van der Waals surface area (Å²) in [6, 6.07) is 20.2. The van der Waals surface area contributed by atoms with Crippen LogP contribution in [-0.2, 0) is 37.9 Å². The molecule has 24 bridgehead atoms. The molecule has 24 fully saturated rings. The highest BCUT2D eigenvalue weighted by Gasteiger charge is 2.71. The van der Waals surface area contributed by atoms with Crippen LogP contribution >= 0.6 is 0 Å². The maximum absolute atomic E-state index is 15.1. The summed E-state index contributed by atoms with van der Waals surface area (Å²) in [5, 5.41) is 57.7. The summed E-state index contributed by atoms with van der Waals surface area (Å²) in [6.45, 7) is 31.5. The summed E-state index contributed by atoms with van der Waals surface area (Å²) < 4.78 is 0. The highest BCUT2D eigenvalue weighted by atomic mass is 16.6. The Labute approximate surface area is 627 Å². The predicted molar refractivity (Wildman–Crippen MR) is 415 cm³/mol. The van der Waals surface area contributed by atoms with Crippen LogP contribution in [0.3, 0.4) is 0 Å². The van der Waals surface area contributed by atoms with Crippen molar-refractivity contribution in [1.82, 2.24) is 0 Å². The molecule has 105 heavy (non-hydrogen) atoms. The van der Waals surface area contributed by atoms with Gasteiger partial charge in [0.05, 0.1) is 15.3 Å². The normalized spacial score (nSPS) is 53.3. The third-order valence-electron chi connectivity index (χ3n) is 38.0. The number of hydrogen-bond acceptors (Lipinski definition) is 6. The second kappa shape index (κ2) is 18.9. The molecule has 2 N–H and O–H groups in total. The van der Waals surface area contributed by atoms with Gasteiger partial charge in [-0.05, 0) is 421 Å². The molecule has 25 aliphatic rings. The van der Waals surface area contributed by atoms with Gasteiger partial charge < -0.3 is 10.2 Å². The molecule has 0 amide bonds. The number of benzene rings is 4. The molecule has 4 aromatic carbocycles. The number of rotatable bonds is 10. The summed E-state index contributed by atoms with van der Waals surface area (Å²) in [5.74, 6) is 3.06. The summed E-state index contributed by atoms with van der Waals surface area (Å²) in [6.07, 6.45) is 41.4. The maximum Gasteiger partial charge on any atom is 0.311 e. The van der Waals surface area contributed by atoms with Gasteiger partial charge in [0.25, 0.3) is 0 Å². The van der Waals surface area contributed by atoms with Crippen molar-refractivity contribution in [3.63, 3.8) is 0 Å². The quantitative estimate of drug-likeness (QED) is 0.106. The van der Waals surface area contributed by atoms with E-state index >= 15 is 20.2 Å². The fourth-order valence-electron chi connectivity index (χ4n) is 42.1. The van der Waals surface area contributed by atoms with Crippen molar-refractivity contribution in [3.8, 4) is 22.6 Å². The van der Waals surface area contributed by atoms with E-state index in [1.54, 1.807) is 11.1 Å². The monoisotopic (exact) mass is 1410 g/mol. The smallest absolute Gasteiger partial charge is 0.311 e. The van der Waals surface area contributed by atoms with Crippen molar-refractivity contribution >= 4 is 11.4 Å². The van der Waals surface area contributed by atoms with Crippen LogP contribution < -0.4 is 0 Å². The molecule has 8 heteroatoms. The first kappa shape index (κ1) is 66.1. The molecule has 8 nitrogen and oxygen atoms in total. The van der Waals surface area contributed by atoms with Crippen molar-refractivity contribution in [2.24, 2.45) is 100 Å². The number of nitro benzene ring substituents is 2. The van der Waals surface area contributed by atoms with Gasteiger partial charge in [-0.2, -0.15) is 0 Å². The van der Waals surface area contributed by atoms with Gasteiger partial charge in [-0.3, -0.25) is 20.2 Å². The topological polar surface area (TPSA) is 127 Å². The molecule has 0 aliphatic heterocycles. The van der Waals surface area contributed by atoms with E-state index in [-0.39, 0.29) is 119 Å². The number of fused-ring (bicyclic) bond motifs is 3. The average Bonchev–Trinajstić information content (AvgIpc) is 1.52. The highest BCUT2D eigenvalue weighted by Crippen LogP contribution is 2.81. The molecule has 25 aliphatic carbocycles. The number of nitro groups is 2. The molecule has 12 unspecified atom stereocenters. The van der Waals surface area contributed by atoms with Crippen molar-refractivity contribution in [2.45, 2.75) is 352 Å². The molecule has 0 heterocycles. The minimum absolute atomic E-state index is 0.0212. The largest absolute Gasteiger partial charge is 0.502 e. The summed E-state index contributed by atoms with van der Waals surface area (Å²) in [4.78, 5) is 29.8. The molecule has 12 atom stereocenters. The minimum atomic E-state index is -1.37. The number of hydrogen-bond donors (Lipinski definition) is 2. The fourth-order valence-corrected chi connectivity index (χ4v) is 42.1. The second-order valence-electron chi connectivity index (χ2n) is 50.4. The van der Waals surface area contributed by atoms with E-state index in [0.29, 0.717) is 35.5 Å². The van der Waals surface area contributed by atoms with Gasteiger partial charge in [-0.15, -0.1) is 0 Å². The van der Waals surface area contributed by atoms with Crippen molar-refractivity contribution in [3.05, 3.63) is 124 Å². The van der Waals surface area contributed by atoms with Crippen LogP contribution in [0.4, 0.5) is 11.4 Å². The Kier molecular flexibility index (Phi) is 11.9. The van der Waals surface area contributed by atoms with Crippen LogP contribution in [0.15, 0.2) is 48.5 Å². The zero-order chi connectivity index (χ0) is 72.5. The first-order valence-corrected chi connectivity index (χ1v) is 43.4. The zero-order valence-corrected chi connectivity index (χ0v) is 66.5. The van der Waals surface area contributed by atoms with Crippen LogP contribution in [0.1, 0.15) is 370 Å². The van der Waals surface area contributed by atoms with Gasteiger partial charge in [0.1, 0.15) is 0 Å². The van der Waals surface area contributed by atoms with E-state index in [1.165, 1.54) is 136 Å². The number of aromatic hydroxyl groups is 2. The molecular formula is C97H124N2O6. The molecule has 0 aromatic heterocycles. The Balaban J connectivity index is 0.927. The minimum Gasteiger partial charge on any atom is -0.502 e. The molecule has 558 valence electrons. The first-order valence-electron chi connectivity index (χ1n) is 43.4. The van der Waals surface area contributed by atoms with Gasteiger partial charge in [0, 0.05) is 34.1 Å². The maximum atomic E-state index is 15.1. The number of phenols is 2. The van der Waals surface area contributed by atoms with Crippen LogP contribution in [0.25, 0.3) is 11.1 Å². The molecule has 0 radical (unpaired) electrons. The lowest BCUT2D eigenvalue weighted by Crippen LogP contribution is -2.58. The summed E-state index contributed by atoms with van der Waals surface area (Å²) >= 11 is 0. The average molecular weight is 1410 g/mol. The Morgan fingerprint density at radius 3 is 0.667 bits per heavy atom. The number of phenolic OH excluding ortho intramolecular Hbond substituents is 2. The Bertz CT molecular complexity index is 4300. The standard InChI is InChI=1S/C97H124N2O6/c1-79-21-57-22-80(2,39-79)46-91(33-57,45-79)63-13-67(93-35-59-25-83(5,49-93)41-84(6,26-59)50-93)75-69(15-63)97(65-17-71(77(100)73(19-65)98(102)103)95-37-61-29-87(9,53-95)43-88(10,30-61)54-95,66-18-72(78(101)74(20-66)99(104)105)96-38-62-31-89(11,55-96)44-90(12,32-62)56-96)70-16-64(92-34-58-23-81(3,47-92)40-82(4,24-58)48-92)14-68(76(70)75)94-36-60-27-85(7,51-94)42-86(8,28-60)52-94/h13-20,57-62,100-101H,21-56H2,1-12H3. The van der Waals surface area contributed by atoms with Gasteiger partial charge in [0.2, 0.25) is 0 Å². The van der Waals surface area contributed by atoms with Gasteiger partial charge in [-0.25, -0.2) is 0 Å². The van der Waals surface area contributed by atoms with Crippen molar-refractivity contribution in [1.29, 1.82) is 0 Å². The molecule has 29 rings (SSSR count). The van der Waals surface area contributed by atoms with Crippen LogP contribution in [0.5, 0.6) is 11.5 Å². The van der Waals surface area contributed by atoms with E-state index in [2.05, 4.69) is 119 Å². The fraction of sp³-hybridized carbons (Fsp3) is 0.753. The SMILES string of the molecule is CC12CC3CC(C)(C1)CC(c1cc(C45CC6CC(C)(CC(C)(C6)C4)C5)c4c(c1)C(c1cc([N+](=O)[O-])c(O)c(C56CC7CC(C)(CC(C)(C7)C5)C6)c1)(c1cc([N+](=O)[O-])c(O)c(C56CC7CC(C)(CC(C)(C7)C5)C6)c1)c1cc(C56CC7CC(C)(CC(C)(C7)C5)C6)cc(C56CC7CC(C)(CC(C)(C7)C5)C6)c1-4)(C3)C2. The van der Waals surface area contributed by atoms with E-state index in [1.807, 2.05) is 12.1 Å². The summed E-state index contributed by atoms with van der Waals surface area (Å²) in [7, 11) is 0. The van der Waals surface area contributed by atoms with Crippen molar-refractivity contribution < 1.29 is 20.1 Å². The van der Waals surface area contributed by atoms with Gasteiger partial charge in [0.15, 0.2) is 11.5 Å². The van der Waals surface area contributed by atoms with E-state index in [0.717, 1.165) is 151 Å². The highest BCUT2D eigenvalue weighted by molar-refractivity contribution is 5.93. The Hall–Kier alpha value is -4.72. The van der Waals surface area contributed by atoms with Crippen molar-refractivity contribution in [2.75, 3.05) is 0 Å². The number of nitrogens with zero attached hydrogens (tertiary/aromatic N) is 2. The second-order valence-corrected chi connectivity index (χ2v) is 50.4. The van der Waals surface area contributed by atoms with E-state index < -0.39 is 16.2 Å². The molecule has 0 spiro atoms. The van der Waals surface area contributed by atoms with Crippen LogP contribution in [-0.4, -0.2) is 20.1 Å². The molecule has 4 aromatic rings. The van der Waals surface area contributed by atoms with Crippen LogP contribution in [0, 0.1) is 121 Å². The predicted octanol–water partition coefficient (Wildman–Crippen LogP) is 24.8. The first-order chi connectivity index (χ1) is 49.0. The Morgan fingerprint density at radius 2 is 0.448 bits per heavy atom. The third-order valence-corrected chi connectivity index (χ3v) is 38.0. The lowest BCUT2D eigenvalue weighted by Gasteiger charge is -2.67.